The molecule has 2 amide bonds. The molecule has 20 heavy (non-hydrogen) atoms. The zero-order valence-corrected chi connectivity index (χ0v) is 11.0. The summed E-state index contributed by atoms with van der Waals surface area (Å²) in [6.07, 6.45) is -1.40. The molecule has 1 aliphatic rings. The predicted octanol–water partition coefficient (Wildman–Crippen LogP) is 3.40. The monoisotopic (exact) mass is 286 g/mol. The van der Waals surface area contributed by atoms with Gasteiger partial charge in [0.1, 0.15) is 0 Å². The molecule has 110 valence electrons. The molecule has 1 fully saturated rings. The van der Waals surface area contributed by atoms with Crippen LogP contribution < -0.4 is 5.32 Å². The van der Waals surface area contributed by atoms with Crippen LogP contribution >= 0.6 is 0 Å². The number of benzene rings is 1. The summed E-state index contributed by atoms with van der Waals surface area (Å²) in [6.45, 7) is 1.24. The summed E-state index contributed by atoms with van der Waals surface area (Å²) in [5.41, 5.74) is -0.607. The number of alkyl halides is 3. The Bertz CT molecular complexity index is 468. The Morgan fingerprint density at radius 2 is 1.80 bits per heavy atom. The fourth-order valence-electron chi connectivity index (χ4n) is 2.33. The highest BCUT2D eigenvalue weighted by Crippen LogP contribution is 2.31. The Kier molecular flexibility index (Phi) is 4.52. The van der Waals surface area contributed by atoms with E-state index in [4.69, 9.17) is 0 Å². The Labute approximate surface area is 115 Å². The first kappa shape index (κ1) is 14.7. The number of urea groups is 1. The van der Waals surface area contributed by atoms with Crippen LogP contribution in [0, 0.1) is 0 Å². The molecule has 0 bridgehead atoms. The zero-order chi connectivity index (χ0) is 14.6. The fourth-order valence-corrected chi connectivity index (χ4v) is 2.33. The number of rotatable bonds is 2. The van der Waals surface area contributed by atoms with Crippen molar-refractivity contribution >= 4 is 6.03 Å². The minimum absolute atomic E-state index is 0.0883. The van der Waals surface area contributed by atoms with Crippen LogP contribution in [0.15, 0.2) is 24.3 Å². The number of carbonyl (C=O) groups is 1. The third-order valence-electron chi connectivity index (χ3n) is 3.40. The number of amides is 2. The van der Waals surface area contributed by atoms with Crippen LogP contribution in [0.2, 0.25) is 0 Å². The maximum atomic E-state index is 12.8. The van der Waals surface area contributed by atoms with Gasteiger partial charge < -0.3 is 10.2 Å². The maximum absolute atomic E-state index is 12.8. The number of hydrogen-bond donors (Lipinski definition) is 1. The lowest BCUT2D eigenvalue weighted by atomic mass is 10.1. The zero-order valence-electron chi connectivity index (χ0n) is 11.0. The molecular weight excluding hydrogens is 269 g/mol. The van der Waals surface area contributed by atoms with Crippen molar-refractivity contribution in [2.45, 2.75) is 32.0 Å². The van der Waals surface area contributed by atoms with Gasteiger partial charge in [0.2, 0.25) is 0 Å². The minimum atomic E-state index is -4.40. The smallest absolute Gasteiger partial charge is 0.334 e. The number of halogens is 3. The molecule has 0 aromatic heterocycles. The van der Waals surface area contributed by atoms with E-state index in [1.54, 1.807) is 4.90 Å². The molecule has 3 nitrogen and oxygen atoms in total. The molecular formula is C14H17F3N2O. The highest BCUT2D eigenvalue weighted by Gasteiger charge is 2.32. The van der Waals surface area contributed by atoms with Crippen molar-refractivity contribution in [3.8, 4) is 0 Å². The van der Waals surface area contributed by atoms with Gasteiger partial charge in [-0.1, -0.05) is 18.2 Å². The van der Waals surface area contributed by atoms with Gasteiger partial charge in [0.25, 0.3) is 0 Å². The number of piperidine rings is 1. The van der Waals surface area contributed by atoms with Crippen LogP contribution in [0.3, 0.4) is 0 Å². The molecule has 1 aliphatic heterocycles. The van der Waals surface area contributed by atoms with Crippen LogP contribution in [-0.4, -0.2) is 24.0 Å². The van der Waals surface area contributed by atoms with E-state index in [2.05, 4.69) is 5.32 Å². The van der Waals surface area contributed by atoms with Crippen molar-refractivity contribution in [2.75, 3.05) is 13.1 Å². The van der Waals surface area contributed by atoms with Crippen molar-refractivity contribution in [1.29, 1.82) is 0 Å². The Morgan fingerprint density at radius 1 is 1.15 bits per heavy atom. The average Bonchev–Trinajstić information content (AvgIpc) is 2.45. The van der Waals surface area contributed by atoms with E-state index >= 15 is 0 Å². The summed E-state index contributed by atoms with van der Waals surface area (Å²) < 4.78 is 38.4. The summed E-state index contributed by atoms with van der Waals surface area (Å²) in [7, 11) is 0. The lowest BCUT2D eigenvalue weighted by Crippen LogP contribution is -2.42. The van der Waals surface area contributed by atoms with E-state index in [0.717, 1.165) is 25.3 Å². The molecule has 0 unspecified atom stereocenters. The lowest BCUT2D eigenvalue weighted by molar-refractivity contribution is -0.138. The van der Waals surface area contributed by atoms with E-state index in [1.807, 2.05) is 0 Å². The summed E-state index contributed by atoms with van der Waals surface area (Å²) in [6, 6.07) is 5.01. The quantitative estimate of drug-likeness (QED) is 0.888. The molecule has 1 aromatic carbocycles. The van der Waals surface area contributed by atoms with Gasteiger partial charge in [-0.15, -0.1) is 0 Å². The molecule has 1 N–H and O–H groups in total. The first-order valence-electron chi connectivity index (χ1n) is 6.66. The van der Waals surface area contributed by atoms with Gasteiger partial charge in [-0.3, -0.25) is 0 Å². The third-order valence-corrected chi connectivity index (χ3v) is 3.40. The molecule has 0 aliphatic carbocycles. The van der Waals surface area contributed by atoms with Crippen LogP contribution in [0.1, 0.15) is 30.4 Å². The van der Waals surface area contributed by atoms with E-state index < -0.39 is 11.7 Å². The third kappa shape index (κ3) is 3.65. The molecule has 1 saturated heterocycles. The van der Waals surface area contributed by atoms with Crippen LogP contribution in [0.4, 0.5) is 18.0 Å². The number of hydrogen-bond acceptors (Lipinski definition) is 1. The number of likely N-dealkylation sites (tertiary alicyclic amines) is 1. The maximum Gasteiger partial charge on any atom is 0.416 e. The first-order valence-corrected chi connectivity index (χ1v) is 6.66. The molecule has 0 atom stereocenters. The highest BCUT2D eigenvalue weighted by molar-refractivity contribution is 5.74. The average molecular weight is 286 g/mol. The molecule has 6 heteroatoms. The van der Waals surface area contributed by atoms with Gasteiger partial charge in [-0.05, 0) is 30.9 Å². The summed E-state index contributed by atoms with van der Waals surface area (Å²) >= 11 is 0. The van der Waals surface area contributed by atoms with Gasteiger partial charge >= 0.3 is 12.2 Å². The van der Waals surface area contributed by atoms with E-state index in [9.17, 15) is 18.0 Å². The van der Waals surface area contributed by atoms with Gasteiger partial charge in [0, 0.05) is 19.6 Å². The molecule has 0 saturated carbocycles. The summed E-state index contributed by atoms with van der Waals surface area (Å²) in [5.74, 6) is 0. The van der Waals surface area contributed by atoms with Crippen LogP contribution in [0.25, 0.3) is 0 Å². The van der Waals surface area contributed by atoms with Gasteiger partial charge in [-0.2, -0.15) is 13.2 Å². The first-order chi connectivity index (χ1) is 9.48. The predicted molar refractivity (Wildman–Crippen MR) is 69.1 cm³/mol. The standard InChI is InChI=1S/C14H17F3N2O/c15-14(16,17)12-7-3-2-6-11(12)10-18-13(20)19-8-4-1-5-9-19/h2-3,6-7H,1,4-5,8-10H2,(H,18,20). The lowest BCUT2D eigenvalue weighted by Gasteiger charge is -2.27. The Balaban J connectivity index is 1.98. The summed E-state index contributed by atoms with van der Waals surface area (Å²) in [4.78, 5) is 13.5. The highest BCUT2D eigenvalue weighted by atomic mass is 19.4. The number of carbonyl (C=O) groups excluding carboxylic acids is 1. The SMILES string of the molecule is O=C(NCc1ccccc1C(F)(F)F)N1CCCCC1. The topological polar surface area (TPSA) is 32.3 Å². The largest absolute Gasteiger partial charge is 0.416 e. The van der Waals surface area contributed by atoms with Crippen molar-refractivity contribution in [3.63, 3.8) is 0 Å². The van der Waals surface area contributed by atoms with Gasteiger partial charge in [0.05, 0.1) is 5.56 Å². The van der Waals surface area contributed by atoms with Crippen molar-refractivity contribution in [2.24, 2.45) is 0 Å². The normalized spacial score (nSPS) is 16.1. The Morgan fingerprint density at radius 3 is 2.45 bits per heavy atom. The van der Waals surface area contributed by atoms with Gasteiger partial charge in [-0.25, -0.2) is 4.79 Å². The summed E-state index contributed by atoms with van der Waals surface area (Å²) in [5, 5.41) is 2.57. The second-order valence-corrected chi connectivity index (χ2v) is 4.86. The van der Waals surface area contributed by atoms with Crippen molar-refractivity contribution < 1.29 is 18.0 Å². The van der Waals surface area contributed by atoms with Crippen LogP contribution in [-0.2, 0) is 12.7 Å². The van der Waals surface area contributed by atoms with Crippen LogP contribution in [0.5, 0.6) is 0 Å². The van der Waals surface area contributed by atoms with Crippen molar-refractivity contribution in [1.82, 2.24) is 10.2 Å². The van der Waals surface area contributed by atoms with E-state index in [0.29, 0.717) is 13.1 Å². The molecule has 1 aromatic rings. The molecule has 2 rings (SSSR count). The van der Waals surface area contributed by atoms with Crippen molar-refractivity contribution in [3.05, 3.63) is 35.4 Å². The second kappa shape index (κ2) is 6.15. The van der Waals surface area contributed by atoms with Gasteiger partial charge in [0.15, 0.2) is 0 Å². The van der Waals surface area contributed by atoms with E-state index in [1.165, 1.54) is 18.2 Å². The Hall–Kier alpha value is -1.72. The number of nitrogens with one attached hydrogen (secondary N) is 1. The molecule has 0 spiro atoms. The minimum Gasteiger partial charge on any atom is -0.334 e. The second-order valence-electron chi connectivity index (χ2n) is 4.86. The van der Waals surface area contributed by atoms with E-state index in [-0.39, 0.29) is 18.1 Å². The molecule has 1 heterocycles. The fraction of sp³-hybridized carbons (Fsp3) is 0.500. The number of nitrogens with zero attached hydrogens (tertiary/aromatic N) is 1. The molecule has 0 radical (unpaired) electrons.